The summed E-state index contributed by atoms with van der Waals surface area (Å²) in [6.07, 6.45) is 6.53. The molecule has 0 atom stereocenters. The highest BCUT2D eigenvalue weighted by atomic mass is 35.5. The van der Waals surface area contributed by atoms with Crippen molar-refractivity contribution >= 4 is 35.3 Å². The van der Waals surface area contributed by atoms with Gasteiger partial charge in [-0.05, 0) is 59.7 Å². The van der Waals surface area contributed by atoms with Gasteiger partial charge < -0.3 is 5.32 Å². The Labute approximate surface area is 199 Å². The Balaban J connectivity index is 1.50. The summed E-state index contributed by atoms with van der Waals surface area (Å²) in [6.45, 7) is 0.145. The number of nitrogens with zero attached hydrogens (tertiary/aromatic N) is 4. The van der Waals surface area contributed by atoms with Gasteiger partial charge in [0.15, 0.2) is 11.0 Å². The molecule has 0 spiro atoms. The molecule has 0 fully saturated rings. The first-order valence-corrected chi connectivity index (χ1v) is 11.4. The van der Waals surface area contributed by atoms with Gasteiger partial charge in [-0.2, -0.15) is 0 Å². The molecule has 4 rings (SSSR count). The number of carbonyl (C=O) groups excluding carboxylic acids is 1. The van der Waals surface area contributed by atoms with Crippen LogP contribution in [0.1, 0.15) is 17.0 Å². The molecule has 0 unspecified atom stereocenters. The maximum atomic E-state index is 13.5. The minimum Gasteiger partial charge on any atom is -0.345 e. The van der Waals surface area contributed by atoms with Crippen LogP contribution in [0.15, 0.2) is 84.3 Å². The largest absolute Gasteiger partial charge is 0.345 e. The SMILES string of the molecule is O=C(/C=C/c1ccccc1Cl)NCc1nnc(SCc2ccncc2)n1-c1ccc(F)cc1. The number of benzene rings is 2. The van der Waals surface area contributed by atoms with Crippen molar-refractivity contribution in [3.63, 3.8) is 0 Å². The first-order chi connectivity index (χ1) is 16.1. The van der Waals surface area contributed by atoms with E-state index in [2.05, 4.69) is 20.5 Å². The summed E-state index contributed by atoms with van der Waals surface area (Å²) < 4.78 is 15.3. The fraction of sp³-hybridized carbons (Fsp3) is 0.0833. The molecule has 2 aromatic heterocycles. The zero-order chi connectivity index (χ0) is 23.0. The molecule has 0 radical (unpaired) electrons. The number of amides is 1. The number of nitrogens with one attached hydrogen (secondary N) is 1. The Bertz CT molecular complexity index is 1260. The van der Waals surface area contributed by atoms with Crippen LogP contribution in [0.4, 0.5) is 4.39 Å². The van der Waals surface area contributed by atoms with E-state index in [1.807, 2.05) is 34.9 Å². The molecule has 2 heterocycles. The molecule has 1 N–H and O–H groups in total. The van der Waals surface area contributed by atoms with Crippen LogP contribution in [-0.4, -0.2) is 25.7 Å². The van der Waals surface area contributed by atoms with Crippen molar-refractivity contribution in [2.24, 2.45) is 0 Å². The van der Waals surface area contributed by atoms with Crippen molar-refractivity contribution in [3.8, 4) is 5.69 Å². The number of aromatic nitrogens is 4. The third kappa shape index (κ3) is 6.06. The molecule has 0 saturated carbocycles. The van der Waals surface area contributed by atoms with Crippen LogP contribution in [0.25, 0.3) is 11.8 Å². The van der Waals surface area contributed by atoms with Gasteiger partial charge in [0.25, 0.3) is 0 Å². The van der Waals surface area contributed by atoms with Crippen molar-refractivity contribution in [2.75, 3.05) is 0 Å². The predicted molar refractivity (Wildman–Crippen MR) is 127 cm³/mol. The fourth-order valence-electron chi connectivity index (χ4n) is 2.99. The number of pyridine rings is 1. The Morgan fingerprint density at radius 2 is 1.82 bits per heavy atom. The van der Waals surface area contributed by atoms with Crippen molar-refractivity contribution in [1.82, 2.24) is 25.1 Å². The topological polar surface area (TPSA) is 72.7 Å². The monoisotopic (exact) mass is 479 g/mol. The molecule has 0 aliphatic carbocycles. The zero-order valence-corrected chi connectivity index (χ0v) is 18.9. The van der Waals surface area contributed by atoms with Gasteiger partial charge in [-0.25, -0.2) is 4.39 Å². The van der Waals surface area contributed by atoms with Gasteiger partial charge in [0.2, 0.25) is 5.91 Å². The van der Waals surface area contributed by atoms with Gasteiger partial charge in [-0.3, -0.25) is 14.3 Å². The van der Waals surface area contributed by atoms with Crippen LogP contribution in [0.3, 0.4) is 0 Å². The first-order valence-electron chi connectivity index (χ1n) is 10.0. The molecule has 2 aromatic carbocycles. The lowest BCUT2D eigenvalue weighted by Gasteiger charge is -2.10. The quantitative estimate of drug-likeness (QED) is 0.282. The number of carbonyl (C=O) groups is 1. The maximum absolute atomic E-state index is 13.5. The maximum Gasteiger partial charge on any atom is 0.244 e. The second-order valence-corrected chi connectivity index (χ2v) is 8.28. The molecule has 0 aliphatic rings. The van der Waals surface area contributed by atoms with Crippen LogP contribution in [-0.2, 0) is 17.1 Å². The van der Waals surface area contributed by atoms with Gasteiger partial charge >= 0.3 is 0 Å². The van der Waals surface area contributed by atoms with E-state index in [0.29, 0.717) is 27.4 Å². The summed E-state index contributed by atoms with van der Waals surface area (Å²) in [5.74, 6) is 0.555. The van der Waals surface area contributed by atoms with E-state index in [0.717, 1.165) is 11.1 Å². The van der Waals surface area contributed by atoms with E-state index in [1.165, 1.54) is 30.0 Å². The summed E-state index contributed by atoms with van der Waals surface area (Å²) in [5.41, 5.74) is 2.54. The van der Waals surface area contributed by atoms with E-state index in [-0.39, 0.29) is 18.3 Å². The summed E-state index contributed by atoms with van der Waals surface area (Å²) in [4.78, 5) is 16.4. The standard InChI is InChI=1S/C24H19ClFN5OS/c25-21-4-2-1-3-18(21)5-10-23(32)28-15-22-29-30-24(33-16-17-11-13-27-14-12-17)31(22)20-8-6-19(26)7-9-20/h1-14H,15-16H2,(H,28,32)/b10-5+. The van der Waals surface area contributed by atoms with Crippen LogP contribution >= 0.6 is 23.4 Å². The summed E-state index contributed by atoms with van der Waals surface area (Å²) in [6, 6.07) is 17.2. The highest BCUT2D eigenvalue weighted by molar-refractivity contribution is 7.98. The lowest BCUT2D eigenvalue weighted by molar-refractivity contribution is -0.116. The molecule has 0 bridgehead atoms. The third-order valence-electron chi connectivity index (χ3n) is 4.64. The Morgan fingerprint density at radius 1 is 1.06 bits per heavy atom. The number of rotatable bonds is 8. The molecule has 0 saturated heterocycles. The van der Waals surface area contributed by atoms with Gasteiger partial charge in [-0.15, -0.1) is 10.2 Å². The third-order valence-corrected chi connectivity index (χ3v) is 5.99. The van der Waals surface area contributed by atoms with E-state index < -0.39 is 0 Å². The highest BCUT2D eigenvalue weighted by Gasteiger charge is 2.15. The van der Waals surface area contributed by atoms with Gasteiger partial charge in [0.1, 0.15) is 5.82 Å². The number of thioether (sulfide) groups is 1. The lowest BCUT2D eigenvalue weighted by atomic mass is 10.2. The minimum absolute atomic E-state index is 0.145. The molecule has 4 aromatic rings. The van der Waals surface area contributed by atoms with Crippen molar-refractivity contribution in [2.45, 2.75) is 17.5 Å². The summed E-state index contributed by atoms with van der Waals surface area (Å²) in [7, 11) is 0. The highest BCUT2D eigenvalue weighted by Crippen LogP contribution is 2.25. The van der Waals surface area contributed by atoms with Crippen molar-refractivity contribution in [1.29, 1.82) is 0 Å². The van der Waals surface area contributed by atoms with E-state index in [4.69, 9.17) is 11.6 Å². The average molecular weight is 480 g/mol. The molecule has 33 heavy (non-hydrogen) atoms. The van der Waals surface area contributed by atoms with E-state index in [1.54, 1.807) is 36.7 Å². The Morgan fingerprint density at radius 3 is 2.58 bits per heavy atom. The Kier molecular flexibility index (Phi) is 7.49. The van der Waals surface area contributed by atoms with Crippen LogP contribution in [0, 0.1) is 5.82 Å². The molecular weight excluding hydrogens is 461 g/mol. The number of hydrogen-bond acceptors (Lipinski definition) is 5. The lowest BCUT2D eigenvalue weighted by Crippen LogP contribution is -2.22. The average Bonchev–Trinajstić information content (AvgIpc) is 3.25. The van der Waals surface area contributed by atoms with Gasteiger partial charge in [0, 0.05) is 34.9 Å². The van der Waals surface area contributed by atoms with Crippen LogP contribution < -0.4 is 5.32 Å². The van der Waals surface area contributed by atoms with Crippen LogP contribution in [0.5, 0.6) is 0 Å². The normalized spacial score (nSPS) is 11.1. The zero-order valence-electron chi connectivity index (χ0n) is 17.4. The predicted octanol–water partition coefficient (Wildman–Crippen LogP) is 5.08. The second kappa shape index (κ2) is 10.9. The summed E-state index contributed by atoms with van der Waals surface area (Å²) in [5, 5.41) is 12.6. The molecule has 166 valence electrons. The molecule has 1 amide bonds. The number of halogens is 2. The molecule has 9 heteroatoms. The van der Waals surface area contributed by atoms with Crippen LogP contribution in [0.2, 0.25) is 5.02 Å². The first kappa shape index (κ1) is 22.7. The minimum atomic E-state index is -0.336. The smallest absolute Gasteiger partial charge is 0.244 e. The van der Waals surface area contributed by atoms with Crippen molar-refractivity contribution < 1.29 is 9.18 Å². The molecule has 6 nitrogen and oxygen atoms in total. The van der Waals surface area contributed by atoms with E-state index in [9.17, 15) is 9.18 Å². The fourth-order valence-corrected chi connectivity index (χ4v) is 4.11. The molecule has 0 aliphatic heterocycles. The van der Waals surface area contributed by atoms with Gasteiger partial charge in [0.05, 0.1) is 6.54 Å². The van der Waals surface area contributed by atoms with Gasteiger partial charge in [-0.1, -0.05) is 41.6 Å². The van der Waals surface area contributed by atoms with Crippen molar-refractivity contribution in [3.05, 3.63) is 107 Å². The second-order valence-electron chi connectivity index (χ2n) is 6.93. The molecular formula is C24H19ClFN5OS. The summed E-state index contributed by atoms with van der Waals surface area (Å²) >= 11 is 7.61. The van der Waals surface area contributed by atoms with E-state index >= 15 is 0 Å². The Hall–Kier alpha value is -3.49. The number of hydrogen-bond donors (Lipinski definition) is 1.